The van der Waals surface area contributed by atoms with Gasteiger partial charge in [-0.05, 0) is 24.6 Å². The number of halogens is 2. The fourth-order valence-corrected chi connectivity index (χ4v) is 7.09. The Hall–Kier alpha value is -0.760. The van der Waals surface area contributed by atoms with Crippen LogP contribution < -0.4 is 4.90 Å². The van der Waals surface area contributed by atoms with E-state index in [1.807, 2.05) is 18.7 Å². The third-order valence-corrected chi connectivity index (χ3v) is 8.44. The number of amides is 1. The lowest BCUT2D eigenvalue weighted by Crippen LogP contribution is -2.37. The number of nitrogens with zero attached hydrogens (tertiary/aromatic N) is 2. The number of fused-ring (bicyclic) bond motifs is 1. The van der Waals surface area contributed by atoms with Gasteiger partial charge in [-0.1, -0.05) is 48.8 Å². The number of rotatable bonds is 3. The summed E-state index contributed by atoms with van der Waals surface area (Å²) in [5.74, 6) is -0.233. The van der Waals surface area contributed by atoms with E-state index in [0.717, 1.165) is 0 Å². The van der Waals surface area contributed by atoms with Crippen LogP contribution in [0.25, 0.3) is 0 Å². The zero-order chi connectivity index (χ0) is 18.4. The number of carbonyl (C=O) groups excluding carboxylic acids is 1. The second-order valence-electron chi connectivity index (χ2n) is 6.31. The molecule has 2 fully saturated rings. The van der Waals surface area contributed by atoms with Crippen LogP contribution in [0, 0.1) is 5.92 Å². The molecule has 0 bridgehead atoms. The molecule has 25 heavy (non-hydrogen) atoms. The molecule has 2 heterocycles. The Kier molecular flexibility index (Phi) is 5.40. The molecule has 0 aromatic heterocycles. The predicted octanol–water partition coefficient (Wildman–Crippen LogP) is 3.64. The van der Waals surface area contributed by atoms with Crippen LogP contribution >= 0.6 is 35.0 Å². The fourth-order valence-electron chi connectivity index (χ4n) is 2.88. The number of carbonyl (C=O) groups is 1. The Labute approximate surface area is 161 Å². The van der Waals surface area contributed by atoms with E-state index >= 15 is 0 Å². The van der Waals surface area contributed by atoms with Gasteiger partial charge in [-0.25, -0.2) is 8.42 Å². The number of hydrogen-bond donors (Lipinski definition) is 0. The quantitative estimate of drug-likeness (QED) is 0.746. The maximum atomic E-state index is 12.3. The molecule has 2 saturated heterocycles. The Bertz CT molecular complexity index is 842. The maximum Gasteiger partial charge on any atom is 0.250 e. The predicted molar refractivity (Wildman–Crippen MR) is 105 cm³/mol. The Morgan fingerprint density at radius 2 is 2.08 bits per heavy atom. The van der Waals surface area contributed by atoms with Gasteiger partial charge in [0.25, 0.3) is 5.91 Å². The van der Waals surface area contributed by atoms with Gasteiger partial charge in [0.1, 0.15) is 0 Å². The molecular formula is C16H18Cl2N2O3S2. The number of sulfone groups is 1. The van der Waals surface area contributed by atoms with E-state index < -0.39 is 9.84 Å². The molecule has 9 heteroatoms. The highest BCUT2D eigenvalue weighted by atomic mass is 35.5. The fraction of sp³-hybridized carbons (Fsp3) is 0.500. The Morgan fingerprint density at radius 3 is 2.72 bits per heavy atom. The monoisotopic (exact) mass is 420 g/mol. The van der Waals surface area contributed by atoms with Crippen LogP contribution in [0.15, 0.2) is 23.2 Å². The number of amidine groups is 1. The number of aliphatic imine (C=N–C) groups is 1. The number of benzene rings is 1. The van der Waals surface area contributed by atoms with Crippen molar-refractivity contribution < 1.29 is 13.2 Å². The summed E-state index contributed by atoms with van der Waals surface area (Å²) in [6.07, 6.45) is 0.703. The van der Waals surface area contributed by atoms with E-state index in [1.54, 1.807) is 18.2 Å². The van der Waals surface area contributed by atoms with Crippen LogP contribution in [0.2, 0.25) is 10.0 Å². The average molecular weight is 421 g/mol. The van der Waals surface area contributed by atoms with Gasteiger partial charge in [0, 0.05) is 16.9 Å². The molecule has 0 saturated carbocycles. The number of thioether (sulfide) groups is 1. The molecule has 1 aromatic rings. The molecule has 2 aliphatic rings. The van der Waals surface area contributed by atoms with Crippen LogP contribution in [0.4, 0.5) is 5.69 Å². The molecule has 3 rings (SSSR count). The summed E-state index contributed by atoms with van der Waals surface area (Å²) in [5.41, 5.74) is 0.696. The average Bonchev–Trinajstić information content (AvgIpc) is 3.00. The molecule has 2 aliphatic heterocycles. The SMILES string of the molecule is CC[C@H](C)C(=O)N=C1S[C@H]2CS(=O)(=O)C[C@H]2N1c1ccc(Cl)c(Cl)c1. The third-order valence-electron chi connectivity index (χ3n) is 4.49. The van der Waals surface area contributed by atoms with Crippen molar-refractivity contribution in [2.45, 2.75) is 31.6 Å². The van der Waals surface area contributed by atoms with Gasteiger partial charge in [-0.2, -0.15) is 4.99 Å². The van der Waals surface area contributed by atoms with Gasteiger partial charge in [0.15, 0.2) is 15.0 Å². The zero-order valence-corrected chi connectivity index (χ0v) is 16.9. The van der Waals surface area contributed by atoms with Gasteiger partial charge in [0.2, 0.25) is 0 Å². The molecule has 1 amide bonds. The third kappa shape index (κ3) is 3.84. The lowest BCUT2D eigenvalue weighted by molar-refractivity contribution is -0.121. The second kappa shape index (κ2) is 7.10. The first-order valence-electron chi connectivity index (χ1n) is 7.95. The summed E-state index contributed by atoms with van der Waals surface area (Å²) in [4.78, 5) is 18.4. The Balaban J connectivity index is 2.02. The highest BCUT2D eigenvalue weighted by Gasteiger charge is 2.49. The van der Waals surface area contributed by atoms with Gasteiger partial charge < -0.3 is 4.90 Å². The van der Waals surface area contributed by atoms with Crippen molar-refractivity contribution in [2.24, 2.45) is 10.9 Å². The van der Waals surface area contributed by atoms with Crippen molar-refractivity contribution in [1.29, 1.82) is 0 Å². The van der Waals surface area contributed by atoms with E-state index in [0.29, 0.717) is 27.3 Å². The lowest BCUT2D eigenvalue weighted by Gasteiger charge is -2.25. The Morgan fingerprint density at radius 1 is 1.36 bits per heavy atom. The van der Waals surface area contributed by atoms with Crippen LogP contribution in [0.5, 0.6) is 0 Å². The zero-order valence-electron chi connectivity index (χ0n) is 13.8. The van der Waals surface area contributed by atoms with Crippen molar-refractivity contribution in [1.82, 2.24) is 0 Å². The molecule has 0 radical (unpaired) electrons. The summed E-state index contributed by atoms with van der Waals surface area (Å²) in [5, 5.41) is 1.19. The summed E-state index contributed by atoms with van der Waals surface area (Å²) in [7, 11) is -3.10. The minimum absolute atomic E-state index is 0.0431. The van der Waals surface area contributed by atoms with Crippen molar-refractivity contribution >= 4 is 61.6 Å². The van der Waals surface area contributed by atoms with Crippen molar-refractivity contribution in [2.75, 3.05) is 16.4 Å². The smallest absolute Gasteiger partial charge is 0.250 e. The van der Waals surface area contributed by atoms with Gasteiger partial charge >= 0.3 is 0 Å². The number of hydrogen-bond acceptors (Lipinski definition) is 4. The molecule has 3 atom stereocenters. The van der Waals surface area contributed by atoms with Crippen molar-refractivity contribution in [3.8, 4) is 0 Å². The maximum absolute atomic E-state index is 12.3. The topological polar surface area (TPSA) is 66.8 Å². The standard InChI is InChI=1S/C16H18Cl2N2O3S2/c1-3-9(2)15(21)19-16-20(10-4-5-11(17)12(18)6-10)13-7-25(22,23)8-14(13)24-16/h4-6,9,13-14H,3,7-8H2,1-2H3/t9-,13+,14-/m0/s1. The largest absolute Gasteiger partial charge is 0.316 e. The number of anilines is 1. The summed E-state index contributed by atoms with van der Waals surface area (Å²) in [6, 6.07) is 4.86. The second-order valence-corrected chi connectivity index (χ2v) is 10.5. The normalized spacial score (nSPS) is 27.5. The van der Waals surface area contributed by atoms with E-state index in [1.165, 1.54) is 11.8 Å². The van der Waals surface area contributed by atoms with Gasteiger partial charge in [-0.15, -0.1) is 0 Å². The van der Waals surface area contributed by atoms with Gasteiger partial charge in [-0.3, -0.25) is 4.79 Å². The van der Waals surface area contributed by atoms with Crippen molar-refractivity contribution in [3.63, 3.8) is 0 Å². The van der Waals surface area contributed by atoms with Crippen LogP contribution in [-0.2, 0) is 14.6 Å². The highest BCUT2D eigenvalue weighted by molar-refractivity contribution is 8.16. The first-order chi connectivity index (χ1) is 11.7. The van der Waals surface area contributed by atoms with Crippen LogP contribution in [0.1, 0.15) is 20.3 Å². The molecule has 0 aliphatic carbocycles. The summed E-state index contributed by atoms with van der Waals surface area (Å²) < 4.78 is 24.1. The molecule has 1 aromatic carbocycles. The van der Waals surface area contributed by atoms with Crippen LogP contribution in [-0.4, -0.2) is 42.3 Å². The van der Waals surface area contributed by atoms with E-state index in [-0.39, 0.29) is 34.6 Å². The molecule has 5 nitrogen and oxygen atoms in total. The van der Waals surface area contributed by atoms with Crippen molar-refractivity contribution in [3.05, 3.63) is 28.2 Å². The first kappa shape index (κ1) is 19.0. The molecule has 0 N–H and O–H groups in total. The van der Waals surface area contributed by atoms with E-state index in [9.17, 15) is 13.2 Å². The molecule has 136 valence electrons. The molecule has 0 spiro atoms. The minimum Gasteiger partial charge on any atom is -0.316 e. The molecular weight excluding hydrogens is 403 g/mol. The van der Waals surface area contributed by atoms with E-state index in [2.05, 4.69) is 4.99 Å². The first-order valence-corrected chi connectivity index (χ1v) is 11.4. The lowest BCUT2D eigenvalue weighted by atomic mass is 10.1. The summed E-state index contributed by atoms with van der Waals surface area (Å²) in [6.45, 7) is 3.77. The minimum atomic E-state index is -3.10. The van der Waals surface area contributed by atoms with Gasteiger partial charge in [0.05, 0.1) is 27.6 Å². The van der Waals surface area contributed by atoms with E-state index in [4.69, 9.17) is 23.2 Å². The molecule has 0 unspecified atom stereocenters. The summed E-state index contributed by atoms with van der Waals surface area (Å²) >= 11 is 13.5. The highest BCUT2D eigenvalue weighted by Crippen LogP contribution is 2.42. The van der Waals surface area contributed by atoms with Crippen LogP contribution in [0.3, 0.4) is 0 Å².